The van der Waals surface area contributed by atoms with Crippen LogP contribution in [0.5, 0.6) is 0 Å². The van der Waals surface area contributed by atoms with Crippen LogP contribution in [-0.4, -0.2) is 45.6 Å². The quantitative estimate of drug-likeness (QED) is 0.873. The van der Waals surface area contributed by atoms with Crippen LogP contribution in [-0.2, 0) is 0 Å². The van der Waals surface area contributed by atoms with Crippen molar-refractivity contribution in [1.29, 1.82) is 0 Å². The summed E-state index contributed by atoms with van der Waals surface area (Å²) >= 11 is 0. The van der Waals surface area contributed by atoms with Gasteiger partial charge in [0, 0.05) is 31.7 Å². The molecular formula is C12H19N5O. The van der Waals surface area contributed by atoms with Crippen LogP contribution in [0.3, 0.4) is 0 Å². The molecule has 1 saturated heterocycles. The van der Waals surface area contributed by atoms with Gasteiger partial charge in [0.2, 0.25) is 0 Å². The van der Waals surface area contributed by atoms with Crippen LogP contribution in [0.1, 0.15) is 43.8 Å². The van der Waals surface area contributed by atoms with Gasteiger partial charge >= 0.3 is 6.03 Å². The lowest BCUT2D eigenvalue weighted by molar-refractivity contribution is 0.207. The fraction of sp³-hybridized carbons (Fsp3) is 0.750. The SMILES string of the molecule is CCNC(=O)N1CCC(n2cc(C3CC3)nn2)C1. The van der Waals surface area contributed by atoms with E-state index in [1.165, 1.54) is 12.8 Å². The molecule has 1 saturated carbocycles. The second kappa shape index (κ2) is 4.59. The number of carbonyl (C=O) groups is 1. The largest absolute Gasteiger partial charge is 0.338 e. The van der Waals surface area contributed by atoms with Crippen molar-refractivity contribution < 1.29 is 4.79 Å². The zero-order valence-corrected chi connectivity index (χ0v) is 10.7. The first-order chi connectivity index (χ1) is 8.78. The minimum absolute atomic E-state index is 0.0301. The van der Waals surface area contributed by atoms with Gasteiger partial charge in [-0.15, -0.1) is 5.10 Å². The lowest BCUT2D eigenvalue weighted by Crippen LogP contribution is -2.38. The monoisotopic (exact) mass is 249 g/mol. The molecule has 1 aromatic rings. The van der Waals surface area contributed by atoms with Crippen LogP contribution in [0.15, 0.2) is 6.20 Å². The summed E-state index contributed by atoms with van der Waals surface area (Å²) in [5.41, 5.74) is 1.12. The number of urea groups is 1. The number of nitrogens with one attached hydrogen (secondary N) is 1. The second-order valence-corrected chi connectivity index (χ2v) is 5.12. The summed E-state index contributed by atoms with van der Waals surface area (Å²) in [6.07, 6.45) is 5.51. The second-order valence-electron chi connectivity index (χ2n) is 5.12. The highest BCUT2D eigenvalue weighted by Gasteiger charge is 2.30. The number of aromatic nitrogens is 3. The third-order valence-electron chi connectivity index (χ3n) is 3.68. The highest BCUT2D eigenvalue weighted by molar-refractivity contribution is 5.74. The molecule has 6 heteroatoms. The maximum atomic E-state index is 11.7. The molecular weight excluding hydrogens is 230 g/mol. The molecule has 1 aliphatic heterocycles. The molecule has 1 N–H and O–H groups in total. The fourth-order valence-corrected chi connectivity index (χ4v) is 2.44. The van der Waals surface area contributed by atoms with Gasteiger partial charge in [-0.05, 0) is 26.2 Å². The minimum Gasteiger partial charge on any atom is -0.338 e. The minimum atomic E-state index is 0.0301. The number of nitrogens with zero attached hydrogens (tertiary/aromatic N) is 4. The molecule has 3 rings (SSSR count). The summed E-state index contributed by atoms with van der Waals surface area (Å²) in [7, 11) is 0. The Balaban J connectivity index is 1.61. The zero-order valence-electron chi connectivity index (χ0n) is 10.7. The Bertz CT molecular complexity index is 439. The van der Waals surface area contributed by atoms with Crippen molar-refractivity contribution in [3.05, 3.63) is 11.9 Å². The summed E-state index contributed by atoms with van der Waals surface area (Å²) in [5.74, 6) is 0.639. The van der Waals surface area contributed by atoms with Gasteiger partial charge < -0.3 is 10.2 Å². The van der Waals surface area contributed by atoms with Gasteiger partial charge in [-0.3, -0.25) is 0 Å². The molecule has 0 aromatic carbocycles. The van der Waals surface area contributed by atoms with E-state index in [0.29, 0.717) is 12.5 Å². The van der Waals surface area contributed by atoms with Gasteiger partial charge in [-0.25, -0.2) is 9.48 Å². The highest BCUT2D eigenvalue weighted by atomic mass is 16.2. The lowest BCUT2D eigenvalue weighted by atomic mass is 10.2. The van der Waals surface area contributed by atoms with Crippen LogP contribution in [0, 0.1) is 0 Å². The van der Waals surface area contributed by atoms with Crippen LogP contribution in [0.25, 0.3) is 0 Å². The van der Waals surface area contributed by atoms with Crippen LogP contribution < -0.4 is 5.32 Å². The Morgan fingerprint density at radius 3 is 3.06 bits per heavy atom. The summed E-state index contributed by atoms with van der Waals surface area (Å²) in [4.78, 5) is 13.6. The maximum Gasteiger partial charge on any atom is 0.317 e. The van der Waals surface area contributed by atoms with E-state index in [4.69, 9.17) is 0 Å². The Morgan fingerprint density at radius 2 is 2.33 bits per heavy atom. The molecule has 0 radical (unpaired) electrons. The molecule has 1 atom stereocenters. The van der Waals surface area contributed by atoms with Crippen molar-refractivity contribution >= 4 is 6.03 Å². The van der Waals surface area contributed by atoms with Crippen molar-refractivity contribution in [2.45, 2.75) is 38.1 Å². The molecule has 2 fully saturated rings. The first-order valence-electron chi connectivity index (χ1n) is 6.72. The molecule has 2 amide bonds. The average molecular weight is 249 g/mol. The fourth-order valence-electron chi connectivity index (χ4n) is 2.44. The lowest BCUT2D eigenvalue weighted by Gasteiger charge is -2.16. The first-order valence-corrected chi connectivity index (χ1v) is 6.72. The van der Waals surface area contributed by atoms with E-state index in [-0.39, 0.29) is 12.1 Å². The molecule has 2 aliphatic rings. The van der Waals surface area contributed by atoms with E-state index < -0.39 is 0 Å². The number of likely N-dealkylation sites (tertiary alicyclic amines) is 1. The number of carbonyl (C=O) groups excluding carboxylic acids is 1. The van der Waals surface area contributed by atoms with Crippen molar-refractivity contribution in [2.24, 2.45) is 0 Å². The normalized spacial score (nSPS) is 23.4. The summed E-state index contributed by atoms with van der Waals surface area (Å²) < 4.78 is 1.94. The highest BCUT2D eigenvalue weighted by Crippen LogP contribution is 2.39. The van der Waals surface area contributed by atoms with Gasteiger partial charge in [0.05, 0.1) is 11.7 Å². The number of amides is 2. The number of hydrogen-bond acceptors (Lipinski definition) is 3. The Kier molecular flexibility index (Phi) is 2.93. The molecule has 6 nitrogen and oxygen atoms in total. The summed E-state index contributed by atoms with van der Waals surface area (Å²) in [5, 5.41) is 11.3. The zero-order chi connectivity index (χ0) is 12.5. The third kappa shape index (κ3) is 2.19. The average Bonchev–Trinajstić information content (AvgIpc) is 2.93. The summed E-state index contributed by atoms with van der Waals surface area (Å²) in [6, 6.07) is 0.315. The van der Waals surface area contributed by atoms with Crippen LogP contribution >= 0.6 is 0 Å². The standard InChI is InChI=1S/C12H19N5O/c1-2-13-12(18)16-6-5-10(7-16)17-8-11(14-15-17)9-3-4-9/h8-10H,2-7H2,1H3,(H,13,18). The van der Waals surface area contributed by atoms with Crippen molar-refractivity contribution in [2.75, 3.05) is 19.6 Å². The molecule has 0 bridgehead atoms. The van der Waals surface area contributed by atoms with Crippen molar-refractivity contribution in [1.82, 2.24) is 25.2 Å². The molecule has 1 aromatic heterocycles. The molecule has 1 aliphatic carbocycles. The maximum absolute atomic E-state index is 11.7. The first kappa shape index (κ1) is 11.5. The molecule has 1 unspecified atom stereocenters. The van der Waals surface area contributed by atoms with E-state index in [1.807, 2.05) is 16.5 Å². The van der Waals surface area contributed by atoms with E-state index in [0.717, 1.165) is 25.2 Å². The van der Waals surface area contributed by atoms with Crippen LogP contribution in [0.2, 0.25) is 0 Å². The predicted octanol–water partition coefficient (Wildman–Crippen LogP) is 1.13. The van der Waals surface area contributed by atoms with E-state index in [2.05, 4.69) is 21.8 Å². The third-order valence-corrected chi connectivity index (χ3v) is 3.68. The van der Waals surface area contributed by atoms with Crippen LogP contribution in [0.4, 0.5) is 4.79 Å². The summed E-state index contributed by atoms with van der Waals surface area (Å²) in [6.45, 7) is 4.15. The topological polar surface area (TPSA) is 63.1 Å². The molecule has 98 valence electrons. The van der Waals surface area contributed by atoms with E-state index in [9.17, 15) is 4.79 Å². The van der Waals surface area contributed by atoms with Gasteiger partial charge in [-0.1, -0.05) is 5.21 Å². The van der Waals surface area contributed by atoms with Gasteiger partial charge in [0.1, 0.15) is 0 Å². The number of hydrogen-bond donors (Lipinski definition) is 1. The Hall–Kier alpha value is -1.59. The number of rotatable bonds is 3. The van der Waals surface area contributed by atoms with E-state index >= 15 is 0 Å². The smallest absolute Gasteiger partial charge is 0.317 e. The molecule has 18 heavy (non-hydrogen) atoms. The Morgan fingerprint density at radius 1 is 1.50 bits per heavy atom. The van der Waals surface area contributed by atoms with Gasteiger partial charge in [0.25, 0.3) is 0 Å². The van der Waals surface area contributed by atoms with Crippen molar-refractivity contribution in [3.63, 3.8) is 0 Å². The molecule has 2 heterocycles. The predicted molar refractivity (Wildman–Crippen MR) is 66.3 cm³/mol. The van der Waals surface area contributed by atoms with E-state index in [1.54, 1.807) is 0 Å². The molecule has 0 spiro atoms. The van der Waals surface area contributed by atoms with Gasteiger partial charge in [-0.2, -0.15) is 0 Å². The van der Waals surface area contributed by atoms with Crippen molar-refractivity contribution in [3.8, 4) is 0 Å². The Labute approximate surface area is 106 Å². The van der Waals surface area contributed by atoms with Gasteiger partial charge in [0.15, 0.2) is 0 Å².